The number of ether oxygens (including phenoxy) is 1. The summed E-state index contributed by atoms with van der Waals surface area (Å²) in [4.78, 5) is 33.3. The number of hydrogen-bond acceptors (Lipinski definition) is 6. The molecule has 0 aliphatic rings. The Morgan fingerprint density at radius 2 is 2.11 bits per heavy atom. The highest BCUT2D eigenvalue weighted by molar-refractivity contribution is 7.13. The van der Waals surface area contributed by atoms with E-state index in [0.29, 0.717) is 0 Å². The predicted molar refractivity (Wildman–Crippen MR) is 69.1 cm³/mol. The first kappa shape index (κ1) is 15.1. The van der Waals surface area contributed by atoms with E-state index in [4.69, 9.17) is 0 Å². The maximum Gasteiger partial charge on any atom is 0.328 e. The molecule has 1 unspecified atom stereocenters. The fourth-order valence-electron chi connectivity index (χ4n) is 1.39. The van der Waals surface area contributed by atoms with Crippen molar-refractivity contribution in [1.29, 1.82) is 0 Å². The van der Waals surface area contributed by atoms with Crippen molar-refractivity contribution in [2.45, 2.75) is 19.9 Å². The van der Waals surface area contributed by atoms with Crippen molar-refractivity contribution in [3.8, 4) is 0 Å². The molecule has 0 aliphatic heterocycles. The summed E-state index contributed by atoms with van der Waals surface area (Å²) in [6.07, 6.45) is 0. The largest absolute Gasteiger partial charge is 0.467 e. The van der Waals surface area contributed by atoms with Crippen LogP contribution in [-0.2, 0) is 9.53 Å². The Morgan fingerprint density at radius 3 is 2.53 bits per heavy atom. The molecule has 104 valence electrons. The van der Waals surface area contributed by atoms with Crippen molar-refractivity contribution in [2.75, 3.05) is 7.11 Å². The van der Waals surface area contributed by atoms with Crippen LogP contribution in [0.5, 0.6) is 0 Å². The number of esters is 1. The lowest BCUT2D eigenvalue weighted by Gasteiger charge is -2.19. The average molecular weight is 286 g/mol. The van der Waals surface area contributed by atoms with Gasteiger partial charge in [0.15, 0.2) is 0 Å². The molecule has 1 aromatic heterocycles. The number of amides is 1. The SMILES string of the molecule is COC(=O)C(NC(=O)c1csc([N+](=O)[O-])c1)C(C)C. The molecular formula is C11H14N2O5S. The van der Waals surface area contributed by atoms with E-state index in [-0.39, 0.29) is 16.5 Å². The Morgan fingerprint density at radius 1 is 1.47 bits per heavy atom. The second kappa shape index (κ2) is 6.28. The second-order valence-electron chi connectivity index (χ2n) is 4.15. The molecule has 1 aromatic rings. The predicted octanol–water partition coefficient (Wildman–Crippen LogP) is 1.58. The normalized spacial score (nSPS) is 12.0. The molecule has 0 fully saturated rings. The number of methoxy groups -OCH3 is 1. The Hall–Kier alpha value is -1.96. The third-order valence-electron chi connectivity index (χ3n) is 2.44. The Bertz CT molecular complexity index is 497. The van der Waals surface area contributed by atoms with Crippen LogP contribution >= 0.6 is 11.3 Å². The summed E-state index contributed by atoms with van der Waals surface area (Å²) in [7, 11) is 1.24. The molecule has 1 amide bonds. The van der Waals surface area contributed by atoms with E-state index in [2.05, 4.69) is 10.1 Å². The van der Waals surface area contributed by atoms with Crippen LogP contribution in [-0.4, -0.2) is 30.0 Å². The summed E-state index contributed by atoms with van der Waals surface area (Å²) in [6.45, 7) is 3.52. The molecule has 1 heterocycles. The van der Waals surface area contributed by atoms with Crippen molar-refractivity contribution in [1.82, 2.24) is 5.32 Å². The number of nitro groups is 1. The summed E-state index contributed by atoms with van der Waals surface area (Å²) in [6, 6.07) is 0.394. The van der Waals surface area contributed by atoms with Gasteiger partial charge < -0.3 is 10.1 Å². The first-order chi connectivity index (χ1) is 8.86. The van der Waals surface area contributed by atoms with Crippen molar-refractivity contribution < 1.29 is 19.2 Å². The highest BCUT2D eigenvalue weighted by Crippen LogP contribution is 2.22. The van der Waals surface area contributed by atoms with Crippen LogP contribution in [0, 0.1) is 16.0 Å². The second-order valence-corrected chi connectivity index (χ2v) is 5.04. The molecule has 19 heavy (non-hydrogen) atoms. The molecule has 1 rings (SSSR count). The van der Waals surface area contributed by atoms with Gasteiger partial charge in [0.1, 0.15) is 6.04 Å². The monoisotopic (exact) mass is 286 g/mol. The first-order valence-corrected chi connectivity index (χ1v) is 6.36. The van der Waals surface area contributed by atoms with Gasteiger partial charge in [-0.25, -0.2) is 4.79 Å². The van der Waals surface area contributed by atoms with Crippen molar-refractivity contribution >= 4 is 28.2 Å². The molecule has 0 aliphatic carbocycles. The van der Waals surface area contributed by atoms with Crippen molar-refractivity contribution in [2.24, 2.45) is 5.92 Å². The highest BCUT2D eigenvalue weighted by Gasteiger charge is 2.26. The van der Waals surface area contributed by atoms with Gasteiger partial charge in [0.2, 0.25) is 0 Å². The summed E-state index contributed by atoms with van der Waals surface area (Å²) in [5.41, 5.74) is 0.159. The van der Waals surface area contributed by atoms with Gasteiger partial charge >= 0.3 is 11.0 Å². The number of nitrogens with one attached hydrogen (secondary N) is 1. The summed E-state index contributed by atoms with van der Waals surface area (Å²) in [5.74, 6) is -1.23. The van der Waals surface area contributed by atoms with E-state index < -0.39 is 22.8 Å². The van der Waals surface area contributed by atoms with E-state index >= 15 is 0 Å². The van der Waals surface area contributed by atoms with Crippen LogP contribution in [0.3, 0.4) is 0 Å². The summed E-state index contributed by atoms with van der Waals surface area (Å²) >= 11 is 0.860. The summed E-state index contributed by atoms with van der Waals surface area (Å²) in [5, 5.41) is 14.3. The van der Waals surface area contributed by atoms with E-state index in [9.17, 15) is 19.7 Å². The molecule has 0 saturated carbocycles. The molecule has 0 saturated heterocycles. The van der Waals surface area contributed by atoms with Gasteiger partial charge in [-0.15, -0.1) is 0 Å². The van der Waals surface area contributed by atoms with E-state index in [0.717, 1.165) is 11.3 Å². The molecule has 1 atom stereocenters. The maximum absolute atomic E-state index is 11.9. The first-order valence-electron chi connectivity index (χ1n) is 5.48. The van der Waals surface area contributed by atoms with Gasteiger partial charge in [-0.05, 0) is 5.92 Å². The molecular weight excluding hydrogens is 272 g/mol. The smallest absolute Gasteiger partial charge is 0.328 e. The zero-order valence-electron chi connectivity index (χ0n) is 10.7. The Balaban J connectivity index is 2.81. The standard InChI is InChI=1S/C11H14N2O5S/c1-6(2)9(11(15)18-3)12-10(14)7-4-8(13(16)17)19-5-7/h4-6,9H,1-3H3,(H,12,14). The fraction of sp³-hybridized carbons (Fsp3) is 0.455. The molecule has 0 radical (unpaired) electrons. The van der Waals surface area contributed by atoms with E-state index in [1.54, 1.807) is 13.8 Å². The van der Waals surface area contributed by atoms with Gasteiger partial charge in [0.25, 0.3) is 5.91 Å². The lowest BCUT2D eigenvalue weighted by atomic mass is 10.0. The van der Waals surface area contributed by atoms with Gasteiger partial charge in [0.05, 0.1) is 17.6 Å². The van der Waals surface area contributed by atoms with Gasteiger partial charge in [0, 0.05) is 11.4 Å². The zero-order valence-corrected chi connectivity index (χ0v) is 11.5. The van der Waals surface area contributed by atoms with Crippen LogP contribution in [0.25, 0.3) is 0 Å². The summed E-state index contributed by atoms with van der Waals surface area (Å²) < 4.78 is 4.59. The van der Waals surface area contributed by atoms with Gasteiger partial charge in [-0.2, -0.15) is 0 Å². The topological polar surface area (TPSA) is 98.5 Å². The van der Waals surface area contributed by atoms with Crippen LogP contribution in [0.15, 0.2) is 11.4 Å². The zero-order chi connectivity index (χ0) is 14.6. The molecule has 7 nitrogen and oxygen atoms in total. The minimum absolute atomic E-state index is 0.121. The van der Waals surface area contributed by atoms with Crippen molar-refractivity contribution in [3.63, 3.8) is 0 Å². The minimum Gasteiger partial charge on any atom is -0.467 e. The van der Waals surface area contributed by atoms with Gasteiger partial charge in [-0.3, -0.25) is 14.9 Å². The van der Waals surface area contributed by atoms with Crippen LogP contribution in [0.2, 0.25) is 0 Å². The number of carbonyl (C=O) groups excluding carboxylic acids is 2. The number of carbonyl (C=O) groups is 2. The lowest BCUT2D eigenvalue weighted by Crippen LogP contribution is -2.44. The molecule has 0 spiro atoms. The van der Waals surface area contributed by atoms with Crippen molar-refractivity contribution in [3.05, 3.63) is 27.1 Å². The number of thiophene rings is 1. The molecule has 8 heteroatoms. The Kier molecular flexibility index (Phi) is 4.99. The highest BCUT2D eigenvalue weighted by atomic mass is 32.1. The average Bonchev–Trinajstić information content (AvgIpc) is 2.84. The van der Waals surface area contributed by atoms with Gasteiger partial charge in [-0.1, -0.05) is 25.2 Å². The minimum atomic E-state index is -0.781. The number of nitrogens with zero attached hydrogens (tertiary/aromatic N) is 1. The quantitative estimate of drug-likeness (QED) is 0.503. The fourth-order valence-corrected chi connectivity index (χ4v) is 2.09. The van der Waals surface area contributed by atoms with E-state index in [1.807, 2.05) is 0 Å². The van der Waals surface area contributed by atoms with Crippen LogP contribution in [0.1, 0.15) is 24.2 Å². The molecule has 0 aromatic carbocycles. The molecule has 0 bridgehead atoms. The lowest BCUT2D eigenvalue weighted by molar-refractivity contribution is -0.380. The van der Waals surface area contributed by atoms with Crippen LogP contribution in [0.4, 0.5) is 5.00 Å². The molecule has 1 N–H and O–H groups in total. The van der Waals surface area contributed by atoms with Crippen LogP contribution < -0.4 is 5.32 Å². The third kappa shape index (κ3) is 3.75. The number of rotatable bonds is 5. The maximum atomic E-state index is 11.9. The van der Waals surface area contributed by atoms with E-state index in [1.165, 1.54) is 18.6 Å². The Labute approximate surface area is 113 Å². The number of hydrogen-bond donors (Lipinski definition) is 1. The third-order valence-corrected chi connectivity index (χ3v) is 3.32.